The van der Waals surface area contributed by atoms with Gasteiger partial charge in [-0.1, -0.05) is 29.5 Å². The molecule has 17 heavy (non-hydrogen) atoms. The molecule has 0 radical (unpaired) electrons. The lowest BCUT2D eigenvalue weighted by molar-refractivity contribution is 0.552. The Bertz CT molecular complexity index is 541. The first-order valence-electron chi connectivity index (χ1n) is 4.92. The van der Waals surface area contributed by atoms with Crippen LogP contribution in [0.4, 0.5) is 14.6 Å². The minimum atomic E-state index is -0.837. The third-order valence-electron chi connectivity index (χ3n) is 2.16. The summed E-state index contributed by atoms with van der Waals surface area (Å²) in [4.78, 5) is 4.51. The molecule has 5 heteroatoms. The summed E-state index contributed by atoms with van der Waals surface area (Å²) in [6.45, 7) is 1.96. The van der Waals surface area contributed by atoms with E-state index in [1.54, 1.807) is 0 Å². The molecule has 2 N–H and O–H groups in total. The fraction of sp³-hybridized carbons (Fsp3) is 0.0833. The lowest BCUT2D eigenvalue weighted by Crippen LogP contribution is -1.98. The predicted octanol–water partition coefficient (Wildman–Crippen LogP) is 3.40. The molecule has 0 saturated heterocycles. The molecule has 0 fully saturated rings. The Hall–Kier alpha value is -1.62. The quantitative estimate of drug-likeness (QED) is 0.890. The number of hydrogen-bond donors (Lipinski definition) is 1. The first-order chi connectivity index (χ1) is 8.06. The zero-order valence-electron chi connectivity index (χ0n) is 9.08. The summed E-state index contributed by atoms with van der Waals surface area (Å²) in [7, 11) is 0. The number of nitrogens with two attached hydrogens (primary N) is 1. The number of rotatable bonds is 2. The summed E-state index contributed by atoms with van der Waals surface area (Å²) in [5.74, 6) is -1.83. The summed E-state index contributed by atoms with van der Waals surface area (Å²) in [6.07, 6.45) is 0. The van der Waals surface area contributed by atoms with Gasteiger partial charge in [-0.05, 0) is 19.1 Å². The first-order valence-corrected chi connectivity index (χ1v) is 5.74. The van der Waals surface area contributed by atoms with Crippen LogP contribution < -0.4 is 5.73 Å². The largest absolute Gasteiger partial charge is 0.381 e. The zero-order valence-corrected chi connectivity index (χ0v) is 9.89. The van der Waals surface area contributed by atoms with Crippen molar-refractivity contribution in [1.82, 2.24) is 4.98 Å². The molecule has 2 rings (SSSR count). The van der Waals surface area contributed by atoms with E-state index >= 15 is 0 Å². The fourth-order valence-corrected chi connectivity index (χ4v) is 2.05. The van der Waals surface area contributed by atoms with E-state index in [1.165, 1.54) is 0 Å². The van der Waals surface area contributed by atoms with Gasteiger partial charge in [0.25, 0.3) is 0 Å². The molecular formula is C12H10F2N2S. The van der Waals surface area contributed by atoms with Crippen LogP contribution in [0, 0.1) is 18.6 Å². The standard InChI is InChI=1S/C12H10F2N2S/c1-7-2-4-8(5-3-7)17-12-10(14)6-9(13)11(15)16-12/h2-6H,1H3,(H2,15,16). The van der Waals surface area contributed by atoms with Crippen LogP contribution in [0.5, 0.6) is 0 Å². The maximum atomic E-state index is 13.4. The summed E-state index contributed by atoms with van der Waals surface area (Å²) in [5.41, 5.74) is 6.41. The number of benzene rings is 1. The van der Waals surface area contributed by atoms with Crippen molar-refractivity contribution in [2.75, 3.05) is 5.73 Å². The van der Waals surface area contributed by atoms with Crippen molar-refractivity contribution in [3.05, 3.63) is 47.5 Å². The molecule has 0 unspecified atom stereocenters. The monoisotopic (exact) mass is 252 g/mol. The van der Waals surface area contributed by atoms with Crippen molar-refractivity contribution in [1.29, 1.82) is 0 Å². The molecular weight excluding hydrogens is 242 g/mol. The second-order valence-corrected chi connectivity index (χ2v) is 4.62. The maximum absolute atomic E-state index is 13.4. The van der Waals surface area contributed by atoms with Crippen molar-refractivity contribution >= 4 is 17.6 Å². The highest BCUT2D eigenvalue weighted by molar-refractivity contribution is 7.99. The molecule has 0 amide bonds. The van der Waals surface area contributed by atoms with E-state index in [-0.39, 0.29) is 10.8 Å². The minimum absolute atomic E-state index is 0.0766. The highest BCUT2D eigenvalue weighted by atomic mass is 32.2. The Balaban J connectivity index is 2.30. The van der Waals surface area contributed by atoms with Crippen molar-refractivity contribution in [3.63, 3.8) is 0 Å². The van der Waals surface area contributed by atoms with Gasteiger partial charge >= 0.3 is 0 Å². The molecule has 1 heterocycles. The Morgan fingerprint density at radius 1 is 1.12 bits per heavy atom. The fourth-order valence-electron chi connectivity index (χ4n) is 1.25. The lowest BCUT2D eigenvalue weighted by atomic mass is 10.2. The second kappa shape index (κ2) is 4.71. The van der Waals surface area contributed by atoms with E-state index < -0.39 is 11.6 Å². The van der Waals surface area contributed by atoms with Crippen LogP contribution in [0.25, 0.3) is 0 Å². The number of anilines is 1. The number of pyridine rings is 1. The molecule has 88 valence electrons. The van der Waals surface area contributed by atoms with Crippen LogP contribution >= 0.6 is 11.8 Å². The van der Waals surface area contributed by atoms with E-state index in [4.69, 9.17) is 5.73 Å². The van der Waals surface area contributed by atoms with Crippen LogP contribution in [-0.4, -0.2) is 4.98 Å². The van der Waals surface area contributed by atoms with Crippen molar-refractivity contribution in [3.8, 4) is 0 Å². The Morgan fingerprint density at radius 2 is 1.76 bits per heavy atom. The van der Waals surface area contributed by atoms with E-state index in [1.807, 2.05) is 31.2 Å². The van der Waals surface area contributed by atoms with Crippen LogP contribution in [0.1, 0.15) is 5.56 Å². The van der Waals surface area contributed by atoms with Crippen molar-refractivity contribution in [2.45, 2.75) is 16.8 Å². The van der Waals surface area contributed by atoms with Gasteiger partial charge in [0, 0.05) is 11.0 Å². The Kier molecular flexibility index (Phi) is 3.28. The molecule has 2 aromatic rings. The predicted molar refractivity (Wildman–Crippen MR) is 63.9 cm³/mol. The average molecular weight is 252 g/mol. The van der Waals surface area contributed by atoms with Gasteiger partial charge in [-0.3, -0.25) is 0 Å². The van der Waals surface area contributed by atoms with Crippen LogP contribution in [0.3, 0.4) is 0 Å². The maximum Gasteiger partial charge on any atom is 0.168 e. The number of aromatic nitrogens is 1. The van der Waals surface area contributed by atoms with Gasteiger partial charge in [0.2, 0.25) is 0 Å². The van der Waals surface area contributed by atoms with Gasteiger partial charge < -0.3 is 5.73 Å². The summed E-state index contributed by atoms with van der Waals surface area (Å²) in [6, 6.07) is 8.26. The third-order valence-corrected chi connectivity index (χ3v) is 3.15. The molecule has 0 atom stereocenters. The lowest BCUT2D eigenvalue weighted by Gasteiger charge is -2.04. The van der Waals surface area contributed by atoms with E-state index in [2.05, 4.69) is 4.98 Å². The van der Waals surface area contributed by atoms with Crippen LogP contribution in [-0.2, 0) is 0 Å². The topological polar surface area (TPSA) is 38.9 Å². The summed E-state index contributed by atoms with van der Waals surface area (Å²) >= 11 is 1.11. The number of aryl methyl sites for hydroxylation is 1. The summed E-state index contributed by atoms with van der Waals surface area (Å²) in [5, 5.41) is 0.0766. The van der Waals surface area contributed by atoms with Crippen LogP contribution in [0.15, 0.2) is 40.3 Å². The molecule has 0 bridgehead atoms. The zero-order chi connectivity index (χ0) is 12.4. The van der Waals surface area contributed by atoms with Gasteiger partial charge in [-0.25, -0.2) is 13.8 Å². The second-order valence-electron chi connectivity index (χ2n) is 3.56. The molecule has 0 aliphatic heterocycles. The molecule has 1 aromatic heterocycles. The highest BCUT2D eigenvalue weighted by Gasteiger charge is 2.10. The smallest absolute Gasteiger partial charge is 0.168 e. The molecule has 2 nitrogen and oxygen atoms in total. The van der Waals surface area contributed by atoms with Gasteiger partial charge in [0.15, 0.2) is 17.5 Å². The molecule has 0 saturated carbocycles. The molecule has 0 aliphatic rings. The van der Waals surface area contributed by atoms with Gasteiger partial charge in [0.05, 0.1) is 0 Å². The van der Waals surface area contributed by atoms with Gasteiger partial charge in [0.1, 0.15) is 5.03 Å². The summed E-state index contributed by atoms with van der Waals surface area (Å²) < 4.78 is 26.3. The SMILES string of the molecule is Cc1ccc(Sc2nc(N)c(F)cc2F)cc1. The normalized spacial score (nSPS) is 10.5. The molecule has 0 spiro atoms. The van der Waals surface area contributed by atoms with Gasteiger partial charge in [-0.2, -0.15) is 0 Å². The Labute approximate surface area is 102 Å². The third kappa shape index (κ3) is 2.74. The molecule has 0 aliphatic carbocycles. The van der Waals surface area contributed by atoms with Crippen LogP contribution in [0.2, 0.25) is 0 Å². The van der Waals surface area contributed by atoms with Crippen molar-refractivity contribution < 1.29 is 8.78 Å². The number of hydrogen-bond acceptors (Lipinski definition) is 3. The Morgan fingerprint density at radius 3 is 2.41 bits per heavy atom. The molecule has 1 aromatic carbocycles. The van der Waals surface area contributed by atoms with Gasteiger partial charge in [-0.15, -0.1) is 0 Å². The first kappa shape index (κ1) is 11.9. The van der Waals surface area contributed by atoms with E-state index in [0.717, 1.165) is 28.3 Å². The number of nitrogen functional groups attached to an aromatic ring is 1. The number of halogens is 2. The highest BCUT2D eigenvalue weighted by Crippen LogP contribution is 2.29. The average Bonchev–Trinajstić information content (AvgIpc) is 2.29. The minimum Gasteiger partial charge on any atom is -0.381 e. The van der Waals surface area contributed by atoms with Crippen molar-refractivity contribution in [2.24, 2.45) is 0 Å². The number of nitrogens with zero attached hydrogens (tertiary/aromatic N) is 1. The van der Waals surface area contributed by atoms with E-state index in [0.29, 0.717) is 0 Å². The van der Waals surface area contributed by atoms with E-state index in [9.17, 15) is 8.78 Å².